The van der Waals surface area contributed by atoms with Crippen LogP contribution in [0, 0.1) is 0 Å². The molecular weight excluding hydrogens is 278 g/mol. The Kier molecular flexibility index (Phi) is 5.70. The molecule has 1 saturated heterocycles. The summed E-state index contributed by atoms with van der Waals surface area (Å²) in [6, 6.07) is 6.49. The van der Waals surface area contributed by atoms with Gasteiger partial charge < -0.3 is 14.2 Å². The molecular formula is C18H27NO3. The van der Waals surface area contributed by atoms with Gasteiger partial charge in [-0.1, -0.05) is 6.07 Å². The summed E-state index contributed by atoms with van der Waals surface area (Å²) in [6.07, 6.45) is 3.78. The molecule has 0 saturated carbocycles. The Morgan fingerprint density at radius 1 is 1.32 bits per heavy atom. The second-order valence-electron chi connectivity index (χ2n) is 6.10. The molecule has 0 aromatic heterocycles. The molecule has 122 valence electrons. The van der Waals surface area contributed by atoms with E-state index in [4.69, 9.17) is 14.2 Å². The lowest BCUT2D eigenvalue weighted by Crippen LogP contribution is -2.33. The first-order valence-corrected chi connectivity index (χ1v) is 8.51. The van der Waals surface area contributed by atoms with Crippen LogP contribution in [0.3, 0.4) is 0 Å². The van der Waals surface area contributed by atoms with Gasteiger partial charge in [0.2, 0.25) is 0 Å². The topological polar surface area (TPSA) is 30.9 Å². The zero-order valence-corrected chi connectivity index (χ0v) is 13.6. The van der Waals surface area contributed by atoms with Gasteiger partial charge >= 0.3 is 0 Å². The lowest BCUT2D eigenvalue weighted by atomic mass is 9.99. The van der Waals surface area contributed by atoms with Gasteiger partial charge in [0.1, 0.15) is 5.75 Å². The fraction of sp³-hybridized carbons (Fsp3) is 0.667. The molecule has 0 aliphatic carbocycles. The second-order valence-corrected chi connectivity index (χ2v) is 6.10. The van der Waals surface area contributed by atoms with E-state index in [1.54, 1.807) is 0 Å². The highest BCUT2D eigenvalue weighted by atomic mass is 16.5. The summed E-state index contributed by atoms with van der Waals surface area (Å²) in [5.41, 5.74) is 2.86. The van der Waals surface area contributed by atoms with Gasteiger partial charge in [-0.15, -0.1) is 0 Å². The average molecular weight is 305 g/mol. The number of hydrogen-bond donors (Lipinski definition) is 0. The molecule has 1 unspecified atom stereocenters. The number of hydrogen-bond acceptors (Lipinski definition) is 4. The second kappa shape index (κ2) is 7.95. The summed E-state index contributed by atoms with van der Waals surface area (Å²) in [5.74, 6) is 0.984. The van der Waals surface area contributed by atoms with Crippen molar-refractivity contribution < 1.29 is 14.2 Å². The number of rotatable bonds is 7. The van der Waals surface area contributed by atoms with Gasteiger partial charge in [-0.05, 0) is 49.4 Å². The van der Waals surface area contributed by atoms with Crippen molar-refractivity contribution in [3.05, 3.63) is 29.3 Å². The fourth-order valence-corrected chi connectivity index (χ4v) is 3.22. The third kappa shape index (κ3) is 4.22. The first kappa shape index (κ1) is 15.8. The quantitative estimate of drug-likeness (QED) is 0.725. The summed E-state index contributed by atoms with van der Waals surface area (Å²) in [7, 11) is 0. The molecule has 1 aromatic carbocycles. The largest absolute Gasteiger partial charge is 0.494 e. The third-order valence-electron chi connectivity index (χ3n) is 4.46. The van der Waals surface area contributed by atoms with Gasteiger partial charge in [-0.3, -0.25) is 4.90 Å². The third-order valence-corrected chi connectivity index (χ3v) is 4.46. The molecule has 1 fully saturated rings. The Balaban J connectivity index is 1.43. The van der Waals surface area contributed by atoms with Gasteiger partial charge in [0.05, 0.1) is 25.9 Å². The summed E-state index contributed by atoms with van der Waals surface area (Å²) < 4.78 is 17.0. The molecule has 0 radical (unpaired) electrons. The van der Waals surface area contributed by atoms with Gasteiger partial charge in [-0.2, -0.15) is 0 Å². The van der Waals surface area contributed by atoms with Gasteiger partial charge in [0.25, 0.3) is 0 Å². The molecule has 0 amide bonds. The van der Waals surface area contributed by atoms with Gasteiger partial charge in [-0.25, -0.2) is 0 Å². The van der Waals surface area contributed by atoms with Crippen LogP contribution in [0.5, 0.6) is 5.75 Å². The van der Waals surface area contributed by atoms with Crippen molar-refractivity contribution in [3.8, 4) is 5.75 Å². The predicted molar refractivity (Wildman–Crippen MR) is 86.4 cm³/mol. The molecule has 2 heterocycles. The Bertz CT molecular complexity index is 471. The molecule has 0 N–H and O–H groups in total. The van der Waals surface area contributed by atoms with Crippen LogP contribution in [0.15, 0.2) is 18.2 Å². The Morgan fingerprint density at radius 2 is 2.27 bits per heavy atom. The van der Waals surface area contributed by atoms with E-state index in [-0.39, 0.29) is 0 Å². The molecule has 2 aliphatic heterocycles. The normalized spacial score (nSPS) is 21.8. The van der Waals surface area contributed by atoms with Gasteiger partial charge in [0.15, 0.2) is 0 Å². The van der Waals surface area contributed by atoms with Crippen LogP contribution in [0.2, 0.25) is 0 Å². The minimum atomic E-state index is 0.329. The minimum Gasteiger partial charge on any atom is -0.494 e. The lowest BCUT2D eigenvalue weighted by molar-refractivity contribution is 0.00948. The van der Waals surface area contributed by atoms with Crippen molar-refractivity contribution in [3.63, 3.8) is 0 Å². The maximum absolute atomic E-state index is 5.78. The lowest BCUT2D eigenvalue weighted by Gasteiger charge is -2.29. The molecule has 0 bridgehead atoms. The molecule has 4 heteroatoms. The van der Waals surface area contributed by atoms with Crippen LogP contribution in [-0.4, -0.2) is 50.5 Å². The highest BCUT2D eigenvalue weighted by Gasteiger charge is 2.18. The van der Waals surface area contributed by atoms with Crippen LogP contribution in [0.25, 0.3) is 0 Å². The van der Waals surface area contributed by atoms with Crippen molar-refractivity contribution in [2.75, 3.05) is 39.5 Å². The van der Waals surface area contributed by atoms with Crippen LogP contribution < -0.4 is 4.74 Å². The van der Waals surface area contributed by atoms with Gasteiger partial charge in [0, 0.05) is 26.2 Å². The SMILES string of the molecule is CCOc1ccc2c(c1)CN(CCOCC1CCCO1)CC2. The average Bonchev–Trinajstić information content (AvgIpc) is 3.05. The first-order chi connectivity index (χ1) is 10.8. The Morgan fingerprint density at radius 3 is 3.09 bits per heavy atom. The summed E-state index contributed by atoms with van der Waals surface area (Å²) in [5, 5.41) is 0. The van der Waals surface area contributed by atoms with Crippen molar-refractivity contribution in [2.45, 2.75) is 38.8 Å². The Hall–Kier alpha value is -1.10. The molecule has 2 aliphatic rings. The van der Waals surface area contributed by atoms with Crippen LogP contribution >= 0.6 is 0 Å². The molecule has 1 atom stereocenters. The van der Waals surface area contributed by atoms with E-state index in [1.165, 1.54) is 17.5 Å². The predicted octanol–water partition coefficient (Wildman–Crippen LogP) is 2.64. The maximum Gasteiger partial charge on any atom is 0.119 e. The molecule has 0 spiro atoms. The molecule has 3 rings (SSSR count). The van der Waals surface area contributed by atoms with E-state index in [9.17, 15) is 0 Å². The maximum atomic E-state index is 5.78. The minimum absolute atomic E-state index is 0.329. The molecule has 22 heavy (non-hydrogen) atoms. The zero-order valence-electron chi connectivity index (χ0n) is 13.6. The first-order valence-electron chi connectivity index (χ1n) is 8.51. The van der Waals surface area contributed by atoms with Crippen molar-refractivity contribution in [1.82, 2.24) is 4.90 Å². The summed E-state index contributed by atoms with van der Waals surface area (Å²) >= 11 is 0. The number of fused-ring (bicyclic) bond motifs is 1. The van der Waals surface area contributed by atoms with E-state index in [0.29, 0.717) is 6.10 Å². The van der Waals surface area contributed by atoms with Crippen LogP contribution in [0.4, 0.5) is 0 Å². The highest BCUT2D eigenvalue weighted by Crippen LogP contribution is 2.23. The number of nitrogens with zero attached hydrogens (tertiary/aromatic N) is 1. The van der Waals surface area contributed by atoms with E-state index in [1.807, 2.05) is 6.92 Å². The number of ether oxygens (including phenoxy) is 3. The van der Waals surface area contributed by atoms with Crippen LogP contribution in [-0.2, 0) is 22.4 Å². The Labute approximate surface area is 133 Å². The molecule has 1 aromatic rings. The van der Waals surface area contributed by atoms with Crippen molar-refractivity contribution in [2.24, 2.45) is 0 Å². The van der Waals surface area contributed by atoms with Crippen LogP contribution in [0.1, 0.15) is 30.9 Å². The molecule has 4 nitrogen and oxygen atoms in total. The summed E-state index contributed by atoms with van der Waals surface area (Å²) in [4.78, 5) is 2.47. The van der Waals surface area contributed by atoms with E-state index >= 15 is 0 Å². The monoisotopic (exact) mass is 305 g/mol. The standard InChI is InChI=1S/C18H27NO3/c1-2-21-17-6-5-15-7-8-19(13-16(15)12-17)9-11-20-14-18-4-3-10-22-18/h5-6,12,18H,2-4,7-11,13-14H2,1H3. The summed E-state index contributed by atoms with van der Waals surface area (Å²) in [6.45, 7) is 8.30. The fourth-order valence-electron chi connectivity index (χ4n) is 3.22. The highest BCUT2D eigenvalue weighted by molar-refractivity contribution is 5.37. The van der Waals surface area contributed by atoms with E-state index in [0.717, 1.165) is 64.7 Å². The smallest absolute Gasteiger partial charge is 0.119 e. The van der Waals surface area contributed by atoms with Crippen molar-refractivity contribution >= 4 is 0 Å². The zero-order chi connectivity index (χ0) is 15.2. The van der Waals surface area contributed by atoms with Crippen molar-refractivity contribution in [1.29, 1.82) is 0 Å². The van der Waals surface area contributed by atoms with E-state index < -0.39 is 0 Å². The number of benzene rings is 1. The van der Waals surface area contributed by atoms with E-state index in [2.05, 4.69) is 23.1 Å².